The quantitative estimate of drug-likeness (QED) is 0.847. The maximum atomic E-state index is 12.2. The molecule has 0 saturated carbocycles. The third-order valence-corrected chi connectivity index (χ3v) is 2.48. The molecule has 0 amide bonds. The molecule has 3 nitrogen and oxygen atoms in total. The minimum absolute atomic E-state index is 0.194. The van der Waals surface area contributed by atoms with Crippen LogP contribution in [0.3, 0.4) is 0 Å². The SMILES string of the molecule is Cc1ncccc1-c1cc(N)cc(OC(F)(F)F)c1. The van der Waals surface area contributed by atoms with Crippen LogP contribution >= 0.6 is 0 Å². The molecule has 0 aliphatic heterocycles. The van der Waals surface area contributed by atoms with E-state index in [0.717, 1.165) is 6.07 Å². The number of hydrogen-bond acceptors (Lipinski definition) is 3. The van der Waals surface area contributed by atoms with Crippen molar-refractivity contribution < 1.29 is 17.9 Å². The minimum atomic E-state index is -4.74. The molecule has 0 fully saturated rings. The smallest absolute Gasteiger partial charge is 0.406 e. The molecule has 6 heteroatoms. The number of anilines is 1. The predicted octanol–water partition coefficient (Wildman–Crippen LogP) is 3.54. The monoisotopic (exact) mass is 268 g/mol. The van der Waals surface area contributed by atoms with Gasteiger partial charge in [0, 0.05) is 29.2 Å². The van der Waals surface area contributed by atoms with Gasteiger partial charge < -0.3 is 10.5 Å². The summed E-state index contributed by atoms with van der Waals surface area (Å²) in [7, 11) is 0. The van der Waals surface area contributed by atoms with Crippen molar-refractivity contribution in [3.63, 3.8) is 0 Å². The second-order valence-electron chi connectivity index (χ2n) is 3.97. The summed E-state index contributed by atoms with van der Waals surface area (Å²) in [5.41, 5.74) is 7.73. The fraction of sp³-hybridized carbons (Fsp3) is 0.154. The van der Waals surface area contributed by atoms with Crippen LogP contribution in [0.25, 0.3) is 11.1 Å². The largest absolute Gasteiger partial charge is 0.573 e. The molecule has 19 heavy (non-hydrogen) atoms. The van der Waals surface area contributed by atoms with E-state index in [2.05, 4.69) is 9.72 Å². The topological polar surface area (TPSA) is 48.1 Å². The number of pyridine rings is 1. The first-order valence-electron chi connectivity index (χ1n) is 5.43. The van der Waals surface area contributed by atoms with Crippen LogP contribution in [0, 0.1) is 6.92 Å². The maximum Gasteiger partial charge on any atom is 0.573 e. The lowest BCUT2D eigenvalue weighted by molar-refractivity contribution is -0.274. The number of hydrogen-bond donors (Lipinski definition) is 1. The van der Waals surface area contributed by atoms with Gasteiger partial charge in [-0.15, -0.1) is 13.2 Å². The van der Waals surface area contributed by atoms with Crippen LogP contribution in [0.1, 0.15) is 5.69 Å². The third-order valence-electron chi connectivity index (χ3n) is 2.48. The van der Waals surface area contributed by atoms with E-state index in [-0.39, 0.29) is 11.4 Å². The molecule has 0 aliphatic rings. The van der Waals surface area contributed by atoms with Crippen LogP contribution in [0.4, 0.5) is 18.9 Å². The highest BCUT2D eigenvalue weighted by molar-refractivity contribution is 5.71. The van der Waals surface area contributed by atoms with Crippen molar-refractivity contribution in [1.82, 2.24) is 4.98 Å². The maximum absolute atomic E-state index is 12.2. The molecule has 1 heterocycles. The molecule has 0 bridgehead atoms. The fourth-order valence-electron chi connectivity index (χ4n) is 1.76. The molecule has 0 atom stereocenters. The van der Waals surface area contributed by atoms with Gasteiger partial charge in [0.2, 0.25) is 0 Å². The molecule has 1 aromatic carbocycles. The van der Waals surface area contributed by atoms with E-state index < -0.39 is 6.36 Å². The summed E-state index contributed by atoms with van der Waals surface area (Å²) >= 11 is 0. The lowest BCUT2D eigenvalue weighted by Crippen LogP contribution is -2.17. The number of aryl methyl sites for hydroxylation is 1. The second-order valence-corrected chi connectivity index (χ2v) is 3.97. The number of nitrogen functional groups attached to an aromatic ring is 1. The zero-order chi connectivity index (χ0) is 14.0. The van der Waals surface area contributed by atoms with Gasteiger partial charge in [0.15, 0.2) is 0 Å². The Labute approximate surface area is 107 Å². The Hall–Kier alpha value is -2.24. The highest BCUT2D eigenvalue weighted by atomic mass is 19.4. The van der Waals surface area contributed by atoms with Crippen molar-refractivity contribution in [2.75, 3.05) is 5.73 Å². The van der Waals surface area contributed by atoms with Crippen LogP contribution in [-0.4, -0.2) is 11.3 Å². The molecule has 0 saturated heterocycles. The van der Waals surface area contributed by atoms with Gasteiger partial charge >= 0.3 is 6.36 Å². The summed E-state index contributed by atoms with van der Waals surface area (Å²) < 4.78 is 40.5. The number of ether oxygens (including phenoxy) is 1. The molecule has 2 N–H and O–H groups in total. The van der Waals surface area contributed by atoms with Gasteiger partial charge in [0.25, 0.3) is 0 Å². The molecular formula is C13H11F3N2O. The van der Waals surface area contributed by atoms with Gasteiger partial charge in [-0.25, -0.2) is 0 Å². The molecule has 0 spiro atoms. The summed E-state index contributed by atoms with van der Waals surface area (Å²) in [5, 5.41) is 0. The summed E-state index contributed by atoms with van der Waals surface area (Å²) in [5.74, 6) is -0.342. The number of rotatable bonds is 2. The first-order chi connectivity index (χ1) is 8.85. The first-order valence-corrected chi connectivity index (χ1v) is 5.43. The highest BCUT2D eigenvalue weighted by Crippen LogP contribution is 2.31. The molecule has 2 aromatic rings. The number of nitrogens with zero attached hydrogens (tertiary/aromatic N) is 1. The Kier molecular flexibility index (Phi) is 3.33. The van der Waals surface area contributed by atoms with E-state index in [9.17, 15) is 13.2 Å². The summed E-state index contributed by atoms with van der Waals surface area (Å²) in [6.45, 7) is 1.77. The predicted molar refractivity (Wildman–Crippen MR) is 65.5 cm³/mol. The molecule has 0 radical (unpaired) electrons. The second kappa shape index (κ2) is 4.79. The highest BCUT2D eigenvalue weighted by Gasteiger charge is 2.31. The van der Waals surface area contributed by atoms with Crippen LogP contribution < -0.4 is 10.5 Å². The number of benzene rings is 1. The fourth-order valence-corrected chi connectivity index (χ4v) is 1.76. The van der Waals surface area contributed by atoms with E-state index in [4.69, 9.17) is 5.73 Å². The van der Waals surface area contributed by atoms with Crippen LogP contribution in [0.15, 0.2) is 36.5 Å². The average molecular weight is 268 g/mol. The van der Waals surface area contributed by atoms with E-state index in [1.165, 1.54) is 6.07 Å². The Morgan fingerprint density at radius 3 is 2.58 bits per heavy atom. The Balaban J connectivity index is 2.45. The molecule has 0 unspecified atom stereocenters. The van der Waals surface area contributed by atoms with Crippen molar-refractivity contribution in [1.29, 1.82) is 0 Å². The van der Waals surface area contributed by atoms with Gasteiger partial charge in [0.1, 0.15) is 5.75 Å². The molecule has 100 valence electrons. The zero-order valence-corrected chi connectivity index (χ0v) is 10.0. The van der Waals surface area contributed by atoms with E-state index >= 15 is 0 Å². The minimum Gasteiger partial charge on any atom is -0.406 e. The number of alkyl halides is 3. The van der Waals surface area contributed by atoms with Gasteiger partial charge in [-0.3, -0.25) is 4.98 Å². The van der Waals surface area contributed by atoms with Crippen molar-refractivity contribution in [2.24, 2.45) is 0 Å². The van der Waals surface area contributed by atoms with Crippen molar-refractivity contribution in [2.45, 2.75) is 13.3 Å². The Bertz CT molecular complexity index is 597. The summed E-state index contributed by atoms with van der Waals surface area (Å²) in [6, 6.07) is 7.45. The summed E-state index contributed by atoms with van der Waals surface area (Å²) in [6.07, 6.45) is -3.13. The molecule has 2 rings (SSSR count). The standard InChI is InChI=1S/C13H11F3N2O/c1-8-12(3-2-4-18-8)9-5-10(17)7-11(6-9)19-13(14,15)16/h2-7H,17H2,1H3. The average Bonchev–Trinajstić information content (AvgIpc) is 2.26. The molecule has 0 aliphatic carbocycles. The normalized spacial score (nSPS) is 11.4. The van der Waals surface area contributed by atoms with Gasteiger partial charge in [-0.05, 0) is 30.7 Å². The van der Waals surface area contributed by atoms with Crippen LogP contribution in [0.2, 0.25) is 0 Å². The van der Waals surface area contributed by atoms with Gasteiger partial charge in [0.05, 0.1) is 0 Å². The Morgan fingerprint density at radius 1 is 1.21 bits per heavy atom. The van der Waals surface area contributed by atoms with Gasteiger partial charge in [-0.1, -0.05) is 6.07 Å². The zero-order valence-electron chi connectivity index (χ0n) is 10.0. The van der Waals surface area contributed by atoms with E-state index in [1.54, 1.807) is 31.3 Å². The molecule has 1 aromatic heterocycles. The van der Waals surface area contributed by atoms with Crippen LogP contribution in [0.5, 0.6) is 5.75 Å². The summed E-state index contributed by atoms with van der Waals surface area (Å²) in [4.78, 5) is 4.09. The van der Waals surface area contributed by atoms with Crippen LogP contribution in [-0.2, 0) is 0 Å². The lowest BCUT2D eigenvalue weighted by atomic mass is 10.0. The van der Waals surface area contributed by atoms with Crippen molar-refractivity contribution >= 4 is 5.69 Å². The first kappa shape index (κ1) is 13.2. The number of nitrogens with two attached hydrogens (primary N) is 1. The van der Waals surface area contributed by atoms with E-state index in [0.29, 0.717) is 16.8 Å². The number of halogens is 3. The lowest BCUT2D eigenvalue weighted by Gasteiger charge is -2.12. The van der Waals surface area contributed by atoms with Gasteiger partial charge in [-0.2, -0.15) is 0 Å². The third kappa shape index (κ3) is 3.37. The number of aromatic nitrogens is 1. The van der Waals surface area contributed by atoms with E-state index in [1.807, 2.05) is 0 Å². The van der Waals surface area contributed by atoms with Crippen molar-refractivity contribution in [3.05, 3.63) is 42.2 Å². The Morgan fingerprint density at radius 2 is 1.95 bits per heavy atom. The molecular weight excluding hydrogens is 257 g/mol. The van der Waals surface area contributed by atoms with Crippen molar-refractivity contribution in [3.8, 4) is 16.9 Å².